The molecule has 3 rings (SSSR count). The highest BCUT2D eigenvalue weighted by atomic mass is 35.5. The van der Waals surface area contributed by atoms with Crippen LogP contribution in [0.15, 0.2) is 54.6 Å². The molecule has 0 amide bonds. The van der Waals surface area contributed by atoms with Crippen LogP contribution < -0.4 is 10.2 Å². The zero-order valence-electron chi connectivity index (χ0n) is 14.4. The van der Waals surface area contributed by atoms with Gasteiger partial charge in [-0.05, 0) is 42.1 Å². The van der Waals surface area contributed by atoms with Crippen LogP contribution >= 0.6 is 35.4 Å². The molecule has 1 aliphatic heterocycles. The predicted molar refractivity (Wildman–Crippen MR) is 115 cm³/mol. The lowest BCUT2D eigenvalue weighted by atomic mass is 10.2. The third-order valence-electron chi connectivity index (χ3n) is 4.45. The van der Waals surface area contributed by atoms with Gasteiger partial charge < -0.3 is 15.1 Å². The molecular weight excluding hydrogens is 385 g/mol. The minimum absolute atomic E-state index is 0.579. The van der Waals surface area contributed by atoms with Crippen molar-refractivity contribution >= 4 is 52.3 Å². The van der Waals surface area contributed by atoms with Crippen molar-refractivity contribution in [2.45, 2.75) is 0 Å². The number of rotatable bonds is 4. The predicted octanol–water partition coefficient (Wildman–Crippen LogP) is 3.60. The molecule has 1 saturated heterocycles. The van der Waals surface area contributed by atoms with Gasteiger partial charge in [-0.2, -0.15) is 0 Å². The number of hydrogen-bond donors (Lipinski definition) is 2. The third kappa shape index (κ3) is 5.45. The van der Waals surface area contributed by atoms with Crippen LogP contribution in [0.25, 0.3) is 6.08 Å². The van der Waals surface area contributed by atoms with Crippen LogP contribution in [0.2, 0.25) is 10.0 Å². The zero-order valence-corrected chi connectivity index (χ0v) is 16.7. The highest BCUT2D eigenvalue weighted by Crippen LogP contribution is 2.25. The molecule has 1 fully saturated rings. The summed E-state index contributed by atoms with van der Waals surface area (Å²) in [6.07, 6.45) is 4.44. The molecule has 0 aromatic heterocycles. The number of quaternary nitrogens is 1. The molecule has 26 heavy (non-hydrogen) atoms. The molecule has 6 heteroatoms. The molecule has 0 atom stereocenters. The minimum Gasteiger partial charge on any atom is -0.338 e. The molecular formula is C20H22Cl2N3S+. The number of nitrogens with zero attached hydrogens (tertiary/aromatic N) is 1. The summed E-state index contributed by atoms with van der Waals surface area (Å²) in [5.41, 5.74) is 2.04. The Morgan fingerprint density at radius 2 is 1.85 bits per heavy atom. The maximum Gasteiger partial charge on any atom is 0.173 e. The quantitative estimate of drug-likeness (QED) is 0.756. The first-order chi connectivity index (χ1) is 12.6. The van der Waals surface area contributed by atoms with E-state index in [1.165, 1.54) is 5.56 Å². The molecule has 0 saturated carbocycles. The smallest absolute Gasteiger partial charge is 0.173 e. The molecule has 2 aromatic rings. The van der Waals surface area contributed by atoms with E-state index >= 15 is 0 Å². The van der Waals surface area contributed by atoms with Gasteiger partial charge in [0.1, 0.15) is 0 Å². The molecule has 1 heterocycles. The van der Waals surface area contributed by atoms with E-state index in [-0.39, 0.29) is 0 Å². The van der Waals surface area contributed by atoms with Gasteiger partial charge >= 0.3 is 0 Å². The second-order valence-corrected chi connectivity index (χ2v) is 7.54. The van der Waals surface area contributed by atoms with Crippen molar-refractivity contribution in [3.05, 3.63) is 70.2 Å². The minimum atomic E-state index is 0.579. The van der Waals surface area contributed by atoms with Crippen LogP contribution in [0.3, 0.4) is 0 Å². The number of nitrogens with one attached hydrogen (secondary N) is 2. The lowest BCUT2D eigenvalue weighted by Gasteiger charge is -2.33. The summed E-state index contributed by atoms with van der Waals surface area (Å²) in [4.78, 5) is 3.77. The van der Waals surface area contributed by atoms with Gasteiger partial charge in [0.25, 0.3) is 0 Å². The van der Waals surface area contributed by atoms with Crippen LogP contribution in [-0.2, 0) is 0 Å². The Kier molecular flexibility index (Phi) is 6.92. The lowest BCUT2D eigenvalue weighted by molar-refractivity contribution is -0.897. The molecule has 0 radical (unpaired) electrons. The summed E-state index contributed by atoms with van der Waals surface area (Å²) in [5, 5.41) is 5.14. The van der Waals surface area contributed by atoms with Gasteiger partial charge in [0, 0.05) is 5.02 Å². The topological polar surface area (TPSA) is 19.7 Å². The Hall–Kier alpha value is -1.59. The standard InChI is InChI=1S/C20H21Cl2N3S/c21-17-8-9-19(18(22)15-17)23-20(26)25-13-11-24(12-14-25)10-4-7-16-5-2-1-3-6-16/h1-9,15H,10-14H2,(H,23,26)/p+1/b7-4+. The molecule has 0 spiro atoms. The highest BCUT2D eigenvalue weighted by molar-refractivity contribution is 7.80. The lowest BCUT2D eigenvalue weighted by Crippen LogP contribution is -3.14. The Morgan fingerprint density at radius 1 is 1.12 bits per heavy atom. The summed E-state index contributed by atoms with van der Waals surface area (Å²) in [7, 11) is 0. The Bertz CT molecular complexity index is 772. The van der Waals surface area contributed by atoms with E-state index < -0.39 is 0 Å². The molecule has 2 aromatic carbocycles. The fourth-order valence-corrected chi connectivity index (χ4v) is 3.69. The summed E-state index contributed by atoms with van der Waals surface area (Å²) in [6.45, 7) is 5.04. The summed E-state index contributed by atoms with van der Waals surface area (Å²) in [6, 6.07) is 15.8. The van der Waals surface area contributed by atoms with Crippen molar-refractivity contribution in [2.75, 3.05) is 38.0 Å². The monoisotopic (exact) mass is 406 g/mol. The van der Waals surface area contributed by atoms with E-state index in [4.69, 9.17) is 35.4 Å². The van der Waals surface area contributed by atoms with E-state index in [0.717, 1.165) is 38.4 Å². The normalized spacial score (nSPS) is 15.4. The van der Waals surface area contributed by atoms with Crippen LogP contribution in [0.4, 0.5) is 5.69 Å². The Balaban J connectivity index is 1.45. The number of halogens is 2. The van der Waals surface area contributed by atoms with Crippen LogP contribution in [-0.4, -0.2) is 42.7 Å². The van der Waals surface area contributed by atoms with Gasteiger partial charge in [0.05, 0.1) is 43.4 Å². The van der Waals surface area contributed by atoms with Gasteiger partial charge in [-0.25, -0.2) is 0 Å². The van der Waals surface area contributed by atoms with Crippen molar-refractivity contribution in [1.82, 2.24) is 4.90 Å². The Morgan fingerprint density at radius 3 is 2.54 bits per heavy atom. The van der Waals surface area contributed by atoms with Crippen molar-refractivity contribution in [2.24, 2.45) is 0 Å². The number of hydrogen-bond acceptors (Lipinski definition) is 1. The Labute approximate surface area is 170 Å². The third-order valence-corrected chi connectivity index (χ3v) is 5.35. The summed E-state index contributed by atoms with van der Waals surface area (Å²) < 4.78 is 0. The zero-order chi connectivity index (χ0) is 18.4. The molecule has 0 unspecified atom stereocenters. The number of thiocarbonyl (C=S) groups is 1. The van der Waals surface area contributed by atoms with Crippen molar-refractivity contribution in [3.63, 3.8) is 0 Å². The largest absolute Gasteiger partial charge is 0.338 e. The van der Waals surface area contributed by atoms with E-state index in [1.54, 1.807) is 17.0 Å². The first-order valence-corrected chi connectivity index (χ1v) is 9.84. The van der Waals surface area contributed by atoms with Crippen molar-refractivity contribution in [3.8, 4) is 0 Å². The number of piperazine rings is 1. The SMILES string of the molecule is S=C(Nc1ccc(Cl)cc1Cl)N1CC[NH+](C/C=C/c2ccccc2)CC1. The first kappa shape index (κ1) is 19.2. The van der Waals surface area contributed by atoms with E-state index in [1.807, 2.05) is 12.1 Å². The van der Waals surface area contributed by atoms with Gasteiger partial charge in [-0.15, -0.1) is 0 Å². The summed E-state index contributed by atoms with van der Waals surface area (Å²) in [5.74, 6) is 0. The molecule has 136 valence electrons. The van der Waals surface area contributed by atoms with Gasteiger partial charge in [0.15, 0.2) is 5.11 Å². The molecule has 1 aliphatic rings. The van der Waals surface area contributed by atoms with Crippen molar-refractivity contribution < 1.29 is 4.90 Å². The average molecular weight is 407 g/mol. The molecule has 0 bridgehead atoms. The van der Waals surface area contributed by atoms with Crippen LogP contribution in [0.5, 0.6) is 0 Å². The van der Waals surface area contributed by atoms with E-state index in [9.17, 15) is 0 Å². The summed E-state index contributed by atoms with van der Waals surface area (Å²) >= 11 is 17.7. The molecule has 3 nitrogen and oxygen atoms in total. The molecule has 2 N–H and O–H groups in total. The second-order valence-electron chi connectivity index (χ2n) is 6.31. The fourth-order valence-electron chi connectivity index (χ4n) is 2.94. The average Bonchev–Trinajstić information content (AvgIpc) is 2.65. The van der Waals surface area contributed by atoms with E-state index in [0.29, 0.717) is 15.2 Å². The number of benzene rings is 2. The maximum atomic E-state index is 6.21. The second kappa shape index (κ2) is 9.38. The first-order valence-electron chi connectivity index (χ1n) is 8.68. The van der Waals surface area contributed by atoms with Crippen LogP contribution in [0.1, 0.15) is 5.56 Å². The molecule has 0 aliphatic carbocycles. The highest BCUT2D eigenvalue weighted by Gasteiger charge is 2.21. The van der Waals surface area contributed by atoms with Gasteiger partial charge in [-0.3, -0.25) is 0 Å². The van der Waals surface area contributed by atoms with E-state index in [2.05, 4.69) is 46.6 Å². The van der Waals surface area contributed by atoms with Gasteiger partial charge in [-0.1, -0.05) is 59.6 Å². The maximum absolute atomic E-state index is 6.21. The number of anilines is 1. The fraction of sp³-hybridized carbons (Fsp3) is 0.250. The van der Waals surface area contributed by atoms with Gasteiger partial charge in [0.2, 0.25) is 0 Å². The van der Waals surface area contributed by atoms with Crippen LogP contribution in [0, 0.1) is 0 Å². The van der Waals surface area contributed by atoms with Crippen molar-refractivity contribution in [1.29, 1.82) is 0 Å².